The molecule has 2 atom stereocenters. The second kappa shape index (κ2) is 12.9. The van der Waals surface area contributed by atoms with Gasteiger partial charge < -0.3 is 24.1 Å². The molecule has 41 heavy (non-hydrogen) atoms. The number of carboxylic acids is 1. The molecule has 0 amide bonds. The molecule has 1 aliphatic heterocycles. The van der Waals surface area contributed by atoms with E-state index in [0.717, 1.165) is 22.3 Å². The van der Waals surface area contributed by atoms with Crippen molar-refractivity contribution >= 4 is 11.5 Å². The van der Waals surface area contributed by atoms with Crippen molar-refractivity contribution in [3.8, 4) is 5.75 Å². The first-order chi connectivity index (χ1) is 19.8. The van der Waals surface area contributed by atoms with E-state index in [0.29, 0.717) is 25.7 Å². The topological polar surface area (TPSA) is 77.5 Å². The number of rotatable bonds is 15. The largest absolute Gasteiger partial charge is 0.491 e. The van der Waals surface area contributed by atoms with Gasteiger partial charge in [-0.15, -0.1) is 0 Å². The van der Waals surface area contributed by atoms with Crippen molar-refractivity contribution in [1.82, 2.24) is 4.90 Å². The Morgan fingerprint density at radius 1 is 1.00 bits per heavy atom. The summed E-state index contributed by atoms with van der Waals surface area (Å²) in [5, 5.41) is 8.49. The van der Waals surface area contributed by atoms with E-state index < -0.39 is 29.3 Å². The highest BCUT2D eigenvalue weighted by atomic mass is 19.1. The Kier molecular flexibility index (Phi) is 9.33. The lowest BCUT2D eigenvalue weighted by atomic mass is 9.84. The van der Waals surface area contributed by atoms with Crippen molar-refractivity contribution in [1.29, 1.82) is 0 Å². The summed E-state index contributed by atoms with van der Waals surface area (Å²) < 4.78 is 67.6. The molecule has 1 fully saturated rings. The van der Waals surface area contributed by atoms with E-state index in [4.69, 9.17) is 24.1 Å². The average molecular weight is 576 g/mol. The predicted octanol–water partition coefficient (Wildman–Crippen LogP) is 5.13. The van der Waals surface area contributed by atoms with Crippen molar-refractivity contribution in [3.63, 3.8) is 0 Å². The van der Waals surface area contributed by atoms with Crippen LogP contribution in [-0.2, 0) is 25.4 Å². The predicted molar refractivity (Wildman–Crippen MR) is 146 cm³/mol. The molecule has 0 unspecified atom stereocenters. The van der Waals surface area contributed by atoms with E-state index >= 15 is 13.2 Å². The number of nitrogens with zero attached hydrogens (tertiary/aromatic N) is 1. The highest BCUT2D eigenvalue weighted by molar-refractivity contribution is 5.79. The summed E-state index contributed by atoms with van der Waals surface area (Å²) in [5.41, 5.74) is 2.96. The highest BCUT2D eigenvalue weighted by Crippen LogP contribution is 2.52. The number of fused-ring (bicyclic) bond motifs is 2. The summed E-state index contributed by atoms with van der Waals surface area (Å²) in [6, 6.07) is 9.67. The van der Waals surface area contributed by atoms with E-state index in [1.54, 1.807) is 0 Å². The normalized spacial score (nSPS) is 21.1. The van der Waals surface area contributed by atoms with Gasteiger partial charge in [0.15, 0.2) is 0 Å². The van der Waals surface area contributed by atoms with E-state index in [2.05, 4.69) is 6.07 Å². The molecule has 2 aromatic carbocycles. The fraction of sp³-hybridized carbons (Fsp3) is 0.516. The van der Waals surface area contributed by atoms with Gasteiger partial charge in [0.2, 0.25) is 0 Å². The van der Waals surface area contributed by atoms with Gasteiger partial charge in [-0.3, -0.25) is 4.90 Å². The van der Waals surface area contributed by atoms with Crippen LogP contribution >= 0.6 is 0 Å². The maximum absolute atomic E-state index is 15.7. The van der Waals surface area contributed by atoms with Gasteiger partial charge >= 0.3 is 5.97 Å². The van der Waals surface area contributed by atoms with E-state index in [-0.39, 0.29) is 70.1 Å². The van der Waals surface area contributed by atoms with Crippen molar-refractivity contribution in [2.45, 2.75) is 50.4 Å². The molecule has 222 valence electrons. The summed E-state index contributed by atoms with van der Waals surface area (Å²) in [7, 11) is 0. The number of benzene rings is 2. The van der Waals surface area contributed by atoms with Crippen LogP contribution in [0.4, 0.5) is 13.2 Å². The molecule has 1 N–H and O–H groups in total. The second-order valence-corrected chi connectivity index (χ2v) is 10.9. The fourth-order valence-corrected chi connectivity index (χ4v) is 5.76. The van der Waals surface area contributed by atoms with E-state index in [9.17, 15) is 4.79 Å². The van der Waals surface area contributed by atoms with Crippen LogP contribution in [0.5, 0.6) is 5.75 Å². The van der Waals surface area contributed by atoms with Crippen LogP contribution in [0.2, 0.25) is 0 Å². The number of halogens is 3. The molecule has 3 aliphatic rings. The van der Waals surface area contributed by atoms with Crippen molar-refractivity contribution in [2.75, 3.05) is 52.8 Å². The van der Waals surface area contributed by atoms with Gasteiger partial charge in [0, 0.05) is 30.3 Å². The van der Waals surface area contributed by atoms with Crippen LogP contribution < -0.4 is 4.74 Å². The van der Waals surface area contributed by atoms with E-state index in [1.807, 2.05) is 30.0 Å². The summed E-state index contributed by atoms with van der Waals surface area (Å²) in [5.74, 6) is -2.41. The van der Waals surface area contributed by atoms with Gasteiger partial charge in [-0.1, -0.05) is 24.3 Å². The quantitative estimate of drug-likeness (QED) is 0.295. The van der Waals surface area contributed by atoms with Crippen LogP contribution in [0.3, 0.4) is 0 Å². The molecule has 2 aliphatic carbocycles. The zero-order valence-electron chi connectivity index (χ0n) is 23.2. The number of carboxylic acid groups (broad SMARTS) is 1. The molecule has 5 rings (SSSR count). The molecule has 10 heteroatoms. The molecule has 0 saturated heterocycles. The third-order valence-electron chi connectivity index (χ3n) is 7.89. The van der Waals surface area contributed by atoms with Crippen LogP contribution in [0.25, 0.3) is 5.57 Å². The maximum Gasteiger partial charge on any atom is 0.329 e. The third kappa shape index (κ3) is 7.12. The van der Waals surface area contributed by atoms with Crippen LogP contribution in [0, 0.1) is 11.6 Å². The first-order valence-electron chi connectivity index (χ1n) is 14.1. The number of carbonyl (C=O) groups is 1. The van der Waals surface area contributed by atoms with Gasteiger partial charge in [0.1, 0.15) is 36.3 Å². The van der Waals surface area contributed by atoms with Crippen molar-refractivity contribution < 1.29 is 42.0 Å². The Labute approximate surface area is 237 Å². The first-order valence-corrected chi connectivity index (χ1v) is 14.1. The zero-order chi connectivity index (χ0) is 29.0. The molecule has 2 aromatic rings. The second-order valence-electron chi connectivity index (χ2n) is 10.9. The van der Waals surface area contributed by atoms with Gasteiger partial charge in [-0.25, -0.2) is 18.0 Å². The van der Waals surface area contributed by atoms with Crippen molar-refractivity contribution in [2.24, 2.45) is 0 Å². The van der Waals surface area contributed by atoms with Gasteiger partial charge in [-0.05, 0) is 54.9 Å². The Morgan fingerprint density at radius 2 is 1.63 bits per heavy atom. The van der Waals surface area contributed by atoms with Crippen molar-refractivity contribution in [3.05, 3.63) is 70.3 Å². The number of hydrogen-bond donors (Lipinski definition) is 1. The zero-order valence-corrected chi connectivity index (χ0v) is 23.2. The van der Waals surface area contributed by atoms with E-state index in [1.165, 1.54) is 12.1 Å². The Morgan fingerprint density at radius 3 is 2.29 bits per heavy atom. The average Bonchev–Trinajstić information content (AvgIpc) is 3.55. The summed E-state index contributed by atoms with van der Waals surface area (Å²) in [6.07, 6.45) is 2.25. The first kappa shape index (κ1) is 29.6. The Balaban J connectivity index is 1.21. The van der Waals surface area contributed by atoms with Gasteiger partial charge in [0.05, 0.1) is 39.1 Å². The molecule has 0 radical (unpaired) electrons. The minimum atomic E-state index is -1.30. The molecule has 0 spiro atoms. The molecule has 0 bridgehead atoms. The minimum Gasteiger partial charge on any atom is -0.491 e. The third-order valence-corrected chi connectivity index (χ3v) is 7.89. The molecular formula is C31H36F3NO6. The molecule has 1 saturated carbocycles. The van der Waals surface area contributed by atoms with Crippen LogP contribution in [0.1, 0.15) is 48.9 Å². The van der Waals surface area contributed by atoms with Crippen LogP contribution in [-0.4, -0.2) is 80.5 Å². The number of hydrogen-bond acceptors (Lipinski definition) is 6. The molecule has 1 heterocycles. The number of aliphatic carboxylic acids is 1. The summed E-state index contributed by atoms with van der Waals surface area (Å²) >= 11 is 0. The summed E-state index contributed by atoms with van der Waals surface area (Å²) in [6.45, 7) is 3.03. The lowest BCUT2D eigenvalue weighted by Gasteiger charge is -2.43. The highest BCUT2D eigenvalue weighted by Gasteiger charge is 2.49. The molecule has 0 aromatic heterocycles. The monoisotopic (exact) mass is 575 g/mol. The SMILES string of the molecule is C[C@@H]1CC2=C(Cc3ccccc32)[C@@H](c2c(F)cc(OCCOCCOCCOCC(=O)O)cc2F)N1CC1(F)CC1. The summed E-state index contributed by atoms with van der Waals surface area (Å²) in [4.78, 5) is 12.3. The fourth-order valence-electron chi connectivity index (χ4n) is 5.76. The van der Waals surface area contributed by atoms with Gasteiger partial charge in [0.25, 0.3) is 0 Å². The van der Waals surface area contributed by atoms with Crippen LogP contribution in [0.15, 0.2) is 42.0 Å². The van der Waals surface area contributed by atoms with Gasteiger partial charge in [-0.2, -0.15) is 0 Å². The minimum absolute atomic E-state index is 0.0580. The number of alkyl halides is 1. The maximum atomic E-state index is 15.7. The molecular weight excluding hydrogens is 539 g/mol. The molecule has 7 nitrogen and oxygen atoms in total. The smallest absolute Gasteiger partial charge is 0.329 e. The standard InChI is InChI=1S/C31H36F3NO6/c1-20-14-24-23-5-3-2-4-21(23)15-25(24)30(35(20)19-31(34)6-7-31)29-26(32)16-22(17-27(29)33)41-13-12-39-9-8-38-10-11-40-18-28(36)37/h2-5,16-17,20,30H,6-15,18-19H2,1H3,(H,36,37)/t20-,30+/m1/s1. The Bertz CT molecular complexity index is 1260. The Hall–Kier alpha value is -2.92. The lowest BCUT2D eigenvalue weighted by Crippen LogP contribution is -2.45. The number of ether oxygens (including phenoxy) is 4. The lowest BCUT2D eigenvalue weighted by molar-refractivity contribution is -0.142.